The Kier molecular flexibility index (Phi) is 3.63. The van der Waals surface area contributed by atoms with Gasteiger partial charge in [-0.3, -0.25) is 0 Å². The predicted molar refractivity (Wildman–Crippen MR) is 109 cm³/mol. The summed E-state index contributed by atoms with van der Waals surface area (Å²) in [4.78, 5) is 0. The first kappa shape index (κ1) is 16.6. The minimum absolute atomic E-state index is 0.254. The van der Waals surface area contributed by atoms with Gasteiger partial charge in [0.1, 0.15) is 0 Å². The van der Waals surface area contributed by atoms with Crippen molar-refractivity contribution in [2.24, 2.45) is 23.7 Å². The van der Waals surface area contributed by atoms with Crippen LogP contribution in [-0.4, -0.2) is 6.10 Å². The molecule has 0 aromatic heterocycles. The Morgan fingerprint density at radius 1 is 1.00 bits per heavy atom. The molecule has 0 spiro atoms. The van der Waals surface area contributed by atoms with Crippen molar-refractivity contribution in [3.63, 3.8) is 0 Å². The van der Waals surface area contributed by atoms with Crippen molar-refractivity contribution >= 4 is 16.8 Å². The molecule has 2 aromatic rings. The number of allylic oxidation sites excluding steroid dienone is 1. The van der Waals surface area contributed by atoms with Gasteiger partial charge in [-0.05, 0) is 84.2 Å². The van der Waals surface area contributed by atoms with Crippen LogP contribution >= 0.6 is 0 Å². The molecule has 2 saturated carbocycles. The average molecular weight is 347 g/mol. The Hall–Kier alpha value is -1.60. The maximum Gasteiger partial charge on any atom is 0.0885 e. The molecule has 1 nitrogen and oxygen atoms in total. The number of ether oxygens (including phenoxy) is 1. The van der Waals surface area contributed by atoms with E-state index in [0.717, 1.165) is 30.1 Å². The molecule has 5 rings (SSSR count). The zero-order valence-electron chi connectivity index (χ0n) is 16.5. The molecule has 0 heterocycles. The van der Waals surface area contributed by atoms with Gasteiger partial charge in [-0.1, -0.05) is 56.3 Å². The molecular formula is C25H30O. The highest BCUT2D eigenvalue weighted by Crippen LogP contribution is 2.54. The third-order valence-corrected chi connectivity index (χ3v) is 7.72. The normalized spacial score (nSPS) is 32.5. The van der Waals surface area contributed by atoms with Crippen molar-refractivity contribution in [2.45, 2.75) is 58.7 Å². The molecule has 2 aromatic carbocycles. The van der Waals surface area contributed by atoms with Crippen LogP contribution in [0.5, 0.6) is 0 Å². The lowest BCUT2D eigenvalue weighted by molar-refractivity contribution is -0.109. The number of rotatable bonds is 3. The fourth-order valence-electron chi connectivity index (χ4n) is 6.11. The van der Waals surface area contributed by atoms with Crippen molar-refractivity contribution in [3.8, 4) is 0 Å². The summed E-state index contributed by atoms with van der Waals surface area (Å²) in [5.74, 6) is 3.29. The molecule has 5 atom stereocenters. The molecular weight excluding hydrogens is 316 g/mol. The Balaban J connectivity index is 1.52. The summed E-state index contributed by atoms with van der Waals surface area (Å²) in [6.45, 7) is 9.43. The monoisotopic (exact) mass is 346 g/mol. The third-order valence-electron chi connectivity index (χ3n) is 7.72. The molecule has 5 unspecified atom stereocenters. The smallest absolute Gasteiger partial charge is 0.0885 e. The summed E-state index contributed by atoms with van der Waals surface area (Å²) in [6, 6.07) is 11.4. The molecule has 1 heteroatoms. The summed E-state index contributed by atoms with van der Waals surface area (Å²) in [6.07, 6.45) is 8.63. The van der Waals surface area contributed by atoms with E-state index in [2.05, 4.69) is 70.2 Å². The van der Waals surface area contributed by atoms with Gasteiger partial charge in [0, 0.05) is 0 Å². The highest BCUT2D eigenvalue weighted by atomic mass is 16.5. The molecule has 0 aliphatic heterocycles. The number of fused-ring (bicyclic) bond motifs is 2. The Morgan fingerprint density at radius 3 is 2.62 bits per heavy atom. The van der Waals surface area contributed by atoms with Crippen LogP contribution in [0.15, 0.2) is 36.4 Å². The van der Waals surface area contributed by atoms with Gasteiger partial charge in [-0.15, -0.1) is 0 Å². The standard InChI is InChI=1S/C25H30O/c1-15-16(2)21-13-19(15)14-23(21)26-25(3,4)22-12-11-18-8-5-7-17-9-6-10-20(22)24(17)18/h5-7,9-12,15-16,19,21,23H,8,13-14H2,1-4H3. The first-order valence-electron chi connectivity index (χ1n) is 10.3. The summed E-state index contributed by atoms with van der Waals surface area (Å²) in [5.41, 5.74) is 3.89. The van der Waals surface area contributed by atoms with Gasteiger partial charge in [0.2, 0.25) is 0 Å². The Labute approximate surface area is 157 Å². The Bertz CT molecular complexity index is 888. The molecule has 0 saturated heterocycles. The fraction of sp³-hybridized carbons (Fsp3) is 0.520. The van der Waals surface area contributed by atoms with E-state index >= 15 is 0 Å². The highest BCUT2D eigenvalue weighted by molar-refractivity contribution is 5.97. The molecule has 2 bridgehead atoms. The molecule has 3 aliphatic carbocycles. The number of benzene rings is 2. The van der Waals surface area contributed by atoms with Crippen LogP contribution < -0.4 is 0 Å². The zero-order valence-corrected chi connectivity index (χ0v) is 16.5. The van der Waals surface area contributed by atoms with Crippen molar-refractivity contribution < 1.29 is 4.74 Å². The van der Waals surface area contributed by atoms with E-state index < -0.39 is 0 Å². The van der Waals surface area contributed by atoms with Crippen LogP contribution in [0.2, 0.25) is 0 Å². The second kappa shape index (κ2) is 5.70. The topological polar surface area (TPSA) is 9.23 Å². The lowest BCUT2D eigenvalue weighted by atomic mass is 9.79. The second-order valence-corrected chi connectivity index (χ2v) is 9.43. The van der Waals surface area contributed by atoms with Crippen molar-refractivity contribution in [2.75, 3.05) is 0 Å². The minimum Gasteiger partial charge on any atom is -0.367 e. The Morgan fingerprint density at radius 2 is 1.85 bits per heavy atom. The fourth-order valence-corrected chi connectivity index (χ4v) is 6.11. The van der Waals surface area contributed by atoms with Crippen LogP contribution in [0.1, 0.15) is 57.2 Å². The third kappa shape index (κ3) is 2.33. The summed E-state index contributed by atoms with van der Waals surface area (Å²) in [7, 11) is 0. The van der Waals surface area contributed by atoms with Crippen molar-refractivity contribution in [1.29, 1.82) is 0 Å². The van der Waals surface area contributed by atoms with Crippen LogP contribution in [0.4, 0.5) is 0 Å². The number of hydrogen-bond donors (Lipinski definition) is 0. The van der Waals surface area contributed by atoms with E-state index in [1.54, 1.807) is 0 Å². The predicted octanol–water partition coefficient (Wildman–Crippen LogP) is 6.34. The molecule has 2 fully saturated rings. The maximum atomic E-state index is 6.86. The lowest BCUT2D eigenvalue weighted by Gasteiger charge is -2.38. The van der Waals surface area contributed by atoms with Crippen LogP contribution in [0.25, 0.3) is 16.8 Å². The quantitative estimate of drug-likeness (QED) is 0.630. The molecule has 0 amide bonds. The first-order valence-corrected chi connectivity index (χ1v) is 10.3. The minimum atomic E-state index is -0.254. The zero-order chi connectivity index (χ0) is 18.1. The van der Waals surface area contributed by atoms with E-state index in [0.29, 0.717) is 6.10 Å². The van der Waals surface area contributed by atoms with E-state index in [4.69, 9.17) is 4.74 Å². The van der Waals surface area contributed by atoms with E-state index in [1.807, 2.05) is 0 Å². The van der Waals surface area contributed by atoms with Crippen LogP contribution in [-0.2, 0) is 16.8 Å². The van der Waals surface area contributed by atoms with Crippen molar-refractivity contribution in [1.82, 2.24) is 0 Å². The SMILES string of the molecule is CC1C2CC(OC(C)(C)c3ccc4c5c(cccc35)C=CC4)C(C2)C1C. The highest BCUT2D eigenvalue weighted by Gasteiger charge is 2.50. The first-order chi connectivity index (χ1) is 12.5. The summed E-state index contributed by atoms with van der Waals surface area (Å²) in [5, 5.41) is 2.80. The van der Waals surface area contributed by atoms with Gasteiger partial charge in [-0.2, -0.15) is 0 Å². The molecule has 0 radical (unpaired) electrons. The van der Waals surface area contributed by atoms with Gasteiger partial charge in [0.05, 0.1) is 11.7 Å². The van der Waals surface area contributed by atoms with Gasteiger partial charge < -0.3 is 4.74 Å². The van der Waals surface area contributed by atoms with E-state index in [-0.39, 0.29) is 5.60 Å². The van der Waals surface area contributed by atoms with Gasteiger partial charge in [0.25, 0.3) is 0 Å². The largest absolute Gasteiger partial charge is 0.367 e. The molecule has 0 N–H and O–H groups in total. The average Bonchev–Trinajstić information content (AvgIpc) is 3.14. The maximum absolute atomic E-state index is 6.86. The number of hydrogen-bond acceptors (Lipinski definition) is 1. The molecule has 3 aliphatic rings. The lowest BCUT2D eigenvalue weighted by Crippen LogP contribution is -2.36. The summed E-state index contributed by atoms with van der Waals surface area (Å²) < 4.78 is 6.86. The van der Waals surface area contributed by atoms with E-state index in [1.165, 1.54) is 40.3 Å². The molecule has 26 heavy (non-hydrogen) atoms. The summed E-state index contributed by atoms with van der Waals surface area (Å²) >= 11 is 0. The van der Waals surface area contributed by atoms with Crippen LogP contribution in [0.3, 0.4) is 0 Å². The van der Waals surface area contributed by atoms with Crippen molar-refractivity contribution in [3.05, 3.63) is 53.1 Å². The van der Waals surface area contributed by atoms with Gasteiger partial charge >= 0.3 is 0 Å². The molecule has 136 valence electrons. The van der Waals surface area contributed by atoms with Gasteiger partial charge in [0.15, 0.2) is 0 Å². The second-order valence-electron chi connectivity index (χ2n) is 9.43. The van der Waals surface area contributed by atoms with E-state index in [9.17, 15) is 0 Å². The van der Waals surface area contributed by atoms with Gasteiger partial charge in [-0.25, -0.2) is 0 Å². The van der Waals surface area contributed by atoms with Crippen LogP contribution in [0, 0.1) is 23.7 Å².